The molecule has 5 nitrogen and oxygen atoms in total. The van der Waals surface area contributed by atoms with Crippen LogP contribution in [0.1, 0.15) is 6.92 Å². The molecule has 0 radical (unpaired) electrons. The number of alkyl carbamates (subject to hydrolysis) is 1. The quantitative estimate of drug-likeness (QED) is 0.584. The molecule has 0 aromatic heterocycles. The van der Waals surface area contributed by atoms with Gasteiger partial charge in [0, 0.05) is 14.0 Å². The van der Waals surface area contributed by atoms with E-state index in [2.05, 4.69) is 5.32 Å². The second-order valence-electron chi connectivity index (χ2n) is 2.70. The molecule has 0 bridgehead atoms. The molecule has 0 unspecified atom stereocenters. The number of hydrogen-bond acceptors (Lipinski definition) is 3. The summed E-state index contributed by atoms with van der Waals surface area (Å²) in [6, 6.07) is 0. The summed E-state index contributed by atoms with van der Waals surface area (Å²) < 4.78 is 4.87. The van der Waals surface area contributed by atoms with E-state index in [0.717, 1.165) is 0 Å². The summed E-state index contributed by atoms with van der Waals surface area (Å²) in [5, 5.41) is 2.34. The van der Waals surface area contributed by atoms with E-state index < -0.39 is 6.09 Å². The molecule has 1 heterocycles. The monoisotopic (exact) mass is 172 g/mol. The van der Waals surface area contributed by atoms with Crippen LogP contribution in [0.5, 0.6) is 0 Å². The molecular weight excluding hydrogens is 160 g/mol. The van der Waals surface area contributed by atoms with E-state index in [0.29, 0.717) is 13.1 Å². The topological polar surface area (TPSA) is 58.6 Å². The van der Waals surface area contributed by atoms with E-state index in [4.69, 9.17) is 4.74 Å². The summed E-state index contributed by atoms with van der Waals surface area (Å²) in [5.41, 5.74) is 0. The molecule has 1 rings (SSSR count). The van der Waals surface area contributed by atoms with Crippen LogP contribution in [0.4, 0.5) is 4.79 Å². The Morgan fingerprint density at radius 3 is 2.50 bits per heavy atom. The molecule has 1 saturated heterocycles. The fourth-order valence-electron chi connectivity index (χ4n) is 0.980. The third-order valence-corrected chi connectivity index (χ3v) is 1.77. The number of carbonyl (C=O) groups is 2. The van der Waals surface area contributed by atoms with E-state index >= 15 is 0 Å². The van der Waals surface area contributed by atoms with Crippen molar-refractivity contribution in [3.63, 3.8) is 0 Å². The predicted octanol–water partition coefficient (Wildman–Crippen LogP) is -0.427. The van der Waals surface area contributed by atoms with E-state index in [-0.39, 0.29) is 12.0 Å². The minimum atomic E-state index is -0.441. The van der Waals surface area contributed by atoms with Gasteiger partial charge in [0.25, 0.3) is 0 Å². The van der Waals surface area contributed by atoms with Gasteiger partial charge in [0.1, 0.15) is 6.10 Å². The van der Waals surface area contributed by atoms with Crippen LogP contribution in [-0.4, -0.2) is 43.1 Å². The van der Waals surface area contributed by atoms with Crippen molar-refractivity contribution < 1.29 is 14.3 Å². The first-order valence-corrected chi connectivity index (χ1v) is 3.77. The number of nitrogens with zero attached hydrogens (tertiary/aromatic N) is 1. The summed E-state index contributed by atoms with van der Waals surface area (Å²) in [4.78, 5) is 23.0. The number of nitrogens with one attached hydrogen (secondary N) is 1. The zero-order chi connectivity index (χ0) is 9.14. The second-order valence-corrected chi connectivity index (χ2v) is 2.70. The third-order valence-electron chi connectivity index (χ3n) is 1.77. The Morgan fingerprint density at radius 1 is 1.50 bits per heavy atom. The Kier molecular flexibility index (Phi) is 2.52. The van der Waals surface area contributed by atoms with Gasteiger partial charge in [0.05, 0.1) is 13.1 Å². The van der Waals surface area contributed by atoms with E-state index in [9.17, 15) is 9.59 Å². The van der Waals surface area contributed by atoms with Crippen molar-refractivity contribution in [1.82, 2.24) is 10.2 Å². The molecule has 0 spiro atoms. The second kappa shape index (κ2) is 3.42. The number of hydrogen-bond donors (Lipinski definition) is 1. The smallest absolute Gasteiger partial charge is 0.407 e. The number of amides is 2. The maximum absolute atomic E-state index is 10.7. The summed E-state index contributed by atoms with van der Waals surface area (Å²) in [6.07, 6.45) is -0.572. The number of likely N-dealkylation sites (tertiary alicyclic amines) is 1. The zero-order valence-corrected chi connectivity index (χ0v) is 7.16. The largest absolute Gasteiger partial charge is 0.442 e. The van der Waals surface area contributed by atoms with Crippen molar-refractivity contribution >= 4 is 12.0 Å². The standard InChI is InChI=1S/C7H12N2O3/c1-5(10)9-3-6(4-9)12-7(11)8-2/h6H,3-4H2,1-2H3,(H,8,11). The van der Waals surface area contributed by atoms with Gasteiger partial charge < -0.3 is 15.0 Å². The lowest BCUT2D eigenvalue weighted by Crippen LogP contribution is -2.55. The highest BCUT2D eigenvalue weighted by Crippen LogP contribution is 2.11. The van der Waals surface area contributed by atoms with Crippen LogP contribution in [0.15, 0.2) is 0 Å². The highest BCUT2D eigenvalue weighted by Gasteiger charge is 2.31. The van der Waals surface area contributed by atoms with Gasteiger partial charge in [-0.05, 0) is 0 Å². The molecule has 0 aromatic rings. The van der Waals surface area contributed by atoms with E-state index in [1.54, 1.807) is 4.90 Å². The number of rotatable bonds is 1. The minimum Gasteiger partial charge on any atom is -0.442 e. The predicted molar refractivity (Wildman–Crippen MR) is 41.6 cm³/mol. The van der Waals surface area contributed by atoms with Gasteiger partial charge >= 0.3 is 6.09 Å². The van der Waals surface area contributed by atoms with Crippen LogP contribution in [0.3, 0.4) is 0 Å². The van der Waals surface area contributed by atoms with Gasteiger partial charge in [-0.3, -0.25) is 4.79 Å². The lowest BCUT2D eigenvalue weighted by molar-refractivity contribution is -0.138. The lowest BCUT2D eigenvalue weighted by Gasteiger charge is -2.37. The van der Waals surface area contributed by atoms with Gasteiger partial charge in [-0.25, -0.2) is 4.79 Å². The Bertz CT molecular complexity index is 199. The fourth-order valence-corrected chi connectivity index (χ4v) is 0.980. The molecule has 1 aliphatic heterocycles. The Balaban J connectivity index is 2.17. The molecule has 1 N–H and O–H groups in total. The number of carbonyl (C=O) groups excluding carboxylic acids is 2. The molecule has 2 amide bonds. The molecule has 5 heteroatoms. The van der Waals surface area contributed by atoms with Crippen LogP contribution in [0, 0.1) is 0 Å². The first kappa shape index (κ1) is 8.83. The van der Waals surface area contributed by atoms with Crippen molar-refractivity contribution in [3.05, 3.63) is 0 Å². The van der Waals surface area contributed by atoms with E-state index in [1.165, 1.54) is 14.0 Å². The van der Waals surface area contributed by atoms with Crippen molar-refractivity contribution in [2.24, 2.45) is 0 Å². The van der Waals surface area contributed by atoms with Gasteiger partial charge in [0.15, 0.2) is 0 Å². The normalized spacial score (nSPS) is 16.7. The molecule has 1 fully saturated rings. The Hall–Kier alpha value is -1.26. The number of ether oxygens (including phenoxy) is 1. The first-order chi connectivity index (χ1) is 5.63. The van der Waals surface area contributed by atoms with Gasteiger partial charge in [-0.1, -0.05) is 0 Å². The molecule has 12 heavy (non-hydrogen) atoms. The highest BCUT2D eigenvalue weighted by molar-refractivity contribution is 5.74. The van der Waals surface area contributed by atoms with Gasteiger partial charge in [0.2, 0.25) is 5.91 Å². The molecular formula is C7H12N2O3. The minimum absolute atomic E-state index is 0.0201. The van der Waals surface area contributed by atoms with Gasteiger partial charge in [-0.2, -0.15) is 0 Å². The summed E-state index contributed by atoms with van der Waals surface area (Å²) in [7, 11) is 1.50. The summed E-state index contributed by atoms with van der Waals surface area (Å²) in [6.45, 7) is 2.53. The molecule has 0 saturated carbocycles. The SMILES string of the molecule is CNC(=O)OC1CN(C(C)=O)C1. The Labute approximate surface area is 70.7 Å². The summed E-state index contributed by atoms with van der Waals surface area (Å²) >= 11 is 0. The van der Waals surface area contributed by atoms with Crippen LogP contribution < -0.4 is 5.32 Å². The fraction of sp³-hybridized carbons (Fsp3) is 0.714. The molecule has 0 atom stereocenters. The van der Waals surface area contributed by atoms with Crippen molar-refractivity contribution in [3.8, 4) is 0 Å². The average molecular weight is 172 g/mol. The maximum Gasteiger partial charge on any atom is 0.407 e. The molecule has 0 aromatic carbocycles. The van der Waals surface area contributed by atoms with Crippen molar-refractivity contribution in [2.75, 3.05) is 20.1 Å². The van der Waals surface area contributed by atoms with Crippen LogP contribution >= 0.6 is 0 Å². The molecule has 0 aliphatic carbocycles. The Morgan fingerprint density at radius 2 is 2.08 bits per heavy atom. The molecule has 1 aliphatic rings. The third kappa shape index (κ3) is 1.87. The molecule has 68 valence electrons. The van der Waals surface area contributed by atoms with Crippen LogP contribution in [0.2, 0.25) is 0 Å². The maximum atomic E-state index is 10.7. The van der Waals surface area contributed by atoms with Crippen LogP contribution in [0.25, 0.3) is 0 Å². The first-order valence-electron chi connectivity index (χ1n) is 3.77. The van der Waals surface area contributed by atoms with Crippen molar-refractivity contribution in [1.29, 1.82) is 0 Å². The summed E-state index contributed by atoms with van der Waals surface area (Å²) in [5.74, 6) is 0.0201. The highest BCUT2D eigenvalue weighted by atomic mass is 16.6. The average Bonchev–Trinajstić information content (AvgIpc) is 1.94. The van der Waals surface area contributed by atoms with E-state index in [1.807, 2.05) is 0 Å². The van der Waals surface area contributed by atoms with Gasteiger partial charge in [-0.15, -0.1) is 0 Å². The lowest BCUT2D eigenvalue weighted by atomic mass is 10.2. The van der Waals surface area contributed by atoms with Crippen molar-refractivity contribution in [2.45, 2.75) is 13.0 Å². The zero-order valence-electron chi connectivity index (χ0n) is 7.16. The van der Waals surface area contributed by atoms with Crippen LogP contribution in [-0.2, 0) is 9.53 Å².